The maximum absolute atomic E-state index is 12.8. The molecule has 146 valence electrons. The summed E-state index contributed by atoms with van der Waals surface area (Å²) in [5.41, 5.74) is 2.22. The molecule has 0 spiro atoms. The van der Waals surface area contributed by atoms with E-state index >= 15 is 0 Å². The molecule has 0 fully saturated rings. The number of rotatable bonds is 7. The van der Waals surface area contributed by atoms with Crippen molar-refractivity contribution in [3.05, 3.63) is 53.0 Å². The summed E-state index contributed by atoms with van der Waals surface area (Å²) in [6.45, 7) is 4.39. The first kappa shape index (κ1) is 19.7. The zero-order valence-corrected chi connectivity index (χ0v) is 17.1. The van der Waals surface area contributed by atoms with Gasteiger partial charge in [-0.1, -0.05) is 0 Å². The number of carbonyl (C=O) groups is 1. The van der Waals surface area contributed by atoms with Gasteiger partial charge in [-0.2, -0.15) is 0 Å². The average Bonchev–Trinajstić information content (AvgIpc) is 3.10. The first-order valence-corrected chi connectivity index (χ1v) is 9.60. The van der Waals surface area contributed by atoms with Crippen LogP contribution in [0.2, 0.25) is 0 Å². The Bertz CT molecular complexity index is 945. The maximum Gasteiger partial charge on any atom is 0.267 e. The molecular weight excluding hydrogens is 376 g/mol. The third-order valence-electron chi connectivity index (χ3n) is 4.02. The van der Waals surface area contributed by atoms with Crippen LogP contribution >= 0.6 is 11.3 Å². The van der Waals surface area contributed by atoms with Gasteiger partial charge in [0.1, 0.15) is 27.1 Å². The lowest BCUT2D eigenvalue weighted by Crippen LogP contribution is -2.11. The molecule has 0 aliphatic heterocycles. The average molecular weight is 398 g/mol. The second-order valence-electron chi connectivity index (χ2n) is 5.95. The molecule has 0 unspecified atom stereocenters. The Morgan fingerprint density at radius 3 is 2.25 bits per heavy atom. The second kappa shape index (κ2) is 8.75. The number of nitrogens with one attached hydrogen (secondary N) is 1. The van der Waals surface area contributed by atoms with E-state index in [9.17, 15) is 4.79 Å². The third-order valence-corrected chi connectivity index (χ3v) is 5.23. The zero-order valence-electron chi connectivity index (χ0n) is 16.2. The highest BCUT2D eigenvalue weighted by Crippen LogP contribution is 2.31. The van der Waals surface area contributed by atoms with E-state index in [0.29, 0.717) is 34.4 Å². The van der Waals surface area contributed by atoms with Crippen molar-refractivity contribution in [2.24, 2.45) is 0 Å². The molecule has 6 nitrogen and oxygen atoms in total. The van der Waals surface area contributed by atoms with Crippen LogP contribution in [0.1, 0.15) is 22.3 Å². The number of methoxy groups -OCH3 is 2. The Labute approximate surface area is 168 Å². The summed E-state index contributed by atoms with van der Waals surface area (Å²) in [6.07, 6.45) is 0. The van der Waals surface area contributed by atoms with Crippen molar-refractivity contribution in [2.75, 3.05) is 26.1 Å². The standard InChI is InChI=1S/C21H22N2O4S/c1-5-27-16-8-6-14(7-9-16)21-22-13(2)19(28-21)20(24)23-15-10-17(25-3)12-18(11-15)26-4/h6-12H,5H2,1-4H3,(H,23,24). The van der Waals surface area contributed by atoms with Crippen molar-refractivity contribution in [1.29, 1.82) is 0 Å². The molecule has 1 aromatic heterocycles. The molecule has 28 heavy (non-hydrogen) atoms. The zero-order chi connectivity index (χ0) is 20.1. The first-order chi connectivity index (χ1) is 13.5. The Kier molecular flexibility index (Phi) is 6.16. The highest BCUT2D eigenvalue weighted by Gasteiger charge is 2.17. The molecule has 3 rings (SSSR count). The lowest BCUT2D eigenvalue weighted by Gasteiger charge is -2.09. The normalized spacial score (nSPS) is 10.4. The summed E-state index contributed by atoms with van der Waals surface area (Å²) < 4.78 is 16.0. The molecule has 1 amide bonds. The van der Waals surface area contributed by atoms with Gasteiger partial charge in [-0.3, -0.25) is 4.79 Å². The predicted octanol–water partition coefficient (Wildman–Crippen LogP) is 4.79. The number of hydrogen-bond donors (Lipinski definition) is 1. The van der Waals surface area contributed by atoms with E-state index < -0.39 is 0 Å². The predicted molar refractivity (Wildman–Crippen MR) is 111 cm³/mol. The van der Waals surface area contributed by atoms with E-state index in [1.807, 2.05) is 38.1 Å². The number of benzene rings is 2. The van der Waals surface area contributed by atoms with Gasteiger partial charge in [0.25, 0.3) is 5.91 Å². The summed E-state index contributed by atoms with van der Waals surface area (Å²) in [6, 6.07) is 12.9. The van der Waals surface area contributed by atoms with Gasteiger partial charge in [0.05, 0.1) is 26.5 Å². The number of amides is 1. The fourth-order valence-electron chi connectivity index (χ4n) is 2.66. The van der Waals surface area contributed by atoms with Crippen molar-refractivity contribution >= 4 is 22.9 Å². The fraction of sp³-hybridized carbons (Fsp3) is 0.238. The maximum atomic E-state index is 12.8. The molecule has 0 saturated carbocycles. The number of nitrogens with zero attached hydrogens (tertiary/aromatic N) is 1. The van der Waals surface area contributed by atoms with Gasteiger partial charge in [0, 0.05) is 29.4 Å². The van der Waals surface area contributed by atoms with Crippen LogP contribution in [0.3, 0.4) is 0 Å². The monoisotopic (exact) mass is 398 g/mol. The highest BCUT2D eigenvalue weighted by atomic mass is 32.1. The van der Waals surface area contributed by atoms with Gasteiger partial charge in [-0.15, -0.1) is 11.3 Å². The number of aryl methyl sites for hydroxylation is 1. The quantitative estimate of drug-likeness (QED) is 0.620. The van der Waals surface area contributed by atoms with E-state index in [1.54, 1.807) is 32.4 Å². The number of thiazole rings is 1. The smallest absolute Gasteiger partial charge is 0.267 e. The molecule has 0 radical (unpaired) electrons. The van der Waals surface area contributed by atoms with Crippen molar-refractivity contribution in [3.8, 4) is 27.8 Å². The van der Waals surface area contributed by atoms with E-state index in [2.05, 4.69) is 10.3 Å². The molecule has 0 saturated heterocycles. The molecular formula is C21H22N2O4S. The van der Waals surface area contributed by atoms with Gasteiger partial charge in [-0.05, 0) is 38.1 Å². The Balaban J connectivity index is 1.81. The SMILES string of the molecule is CCOc1ccc(-c2nc(C)c(C(=O)Nc3cc(OC)cc(OC)c3)s2)cc1. The number of hydrogen-bond acceptors (Lipinski definition) is 6. The largest absolute Gasteiger partial charge is 0.497 e. The van der Waals surface area contributed by atoms with Gasteiger partial charge >= 0.3 is 0 Å². The summed E-state index contributed by atoms with van der Waals surface area (Å²) in [7, 11) is 3.13. The first-order valence-electron chi connectivity index (χ1n) is 8.79. The van der Waals surface area contributed by atoms with Crippen LogP contribution in [-0.4, -0.2) is 31.7 Å². The minimum Gasteiger partial charge on any atom is -0.497 e. The summed E-state index contributed by atoms with van der Waals surface area (Å²) in [4.78, 5) is 17.9. The Morgan fingerprint density at radius 2 is 1.68 bits per heavy atom. The van der Waals surface area contributed by atoms with E-state index in [0.717, 1.165) is 16.3 Å². The molecule has 0 aliphatic carbocycles. The van der Waals surface area contributed by atoms with Gasteiger partial charge < -0.3 is 19.5 Å². The van der Waals surface area contributed by atoms with Crippen LogP contribution in [0.5, 0.6) is 17.2 Å². The molecule has 1 N–H and O–H groups in total. The fourth-order valence-corrected chi connectivity index (χ4v) is 3.63. The molecule has 0 aliphatic rings. The number of carbonyl (C=O) groups excluding carboxylic acids is 1. The van der Waals surface area contributed by atoms with E-state index in [1.165, 1.54) is 11.3 Å². The molecule has 3 aromatic rings. The van der Waals surface area contributed by atoms with Crippen LogP contribution in [-0.2, 0) is 0 Å². The van der Waals surface area contributed by atoms with Gasteiger partial charge in [-0.25, -0.2) is 4.98 Å². The van der Waals surface area contributed by atoms with Crippen LogP contribution in [0, 0.1) is 6.92 Å². The van der Waals surface area contributed by atoms with Gasteiger partial charge in [0.15, 0.2) is 0 Å². The molecule has 7 heteroatoms. The van der Waals surface area contributed by atoms with Crippen molar-refractivity contribution in [3.63, 3.8) is 0 Å². The summed E-state index contributed by atoms with van der Waals surface area (Å²) in [5.74, 6) is 1.79. The van der Waals surface area contributed by atoms with Crippen LogP contribution in [0.25, 0.3) is 10.6 Å². The number of aromatic nitrogens is 1. The lowest BCUT2D eigenvalue weighted by molar-refractivity contribution is 0.103. The van der Waals surface area contributed by atoms with Crippen LogP contribution in [0.4, 0.5) is 5.69 Å². The van der Waals surface area contributed by atoms with Gasteiger partial charge in [0.2, 0.25) is 0 Å². The second-order valence-corrected chi connectivity index (χ2v) is 6.95. The van der Waals surface area contributed by atoms with Crippen molar-refractivity contribution < 1.29 is 19.0 Å². The Hall–Kier alpha value is -3.06. The third kappa shape index (κ3) is 4.43. The van der Waals surface area contributed by atoms with Crippen molar-refractivity contribution in [2.45, 2.75) is 13.8 Å². The summed E-state index contributed by atoms with van der Waals surface area (Å²) in [5, 5.41) is 3.68. The lowest BCUT2D eigenvalue weighted by atomic mass is 10.2. The topological polar surface area (TPSA) is 69.7 Å². The highest BCUT2D eigenvalue weighted by molar-refractivity contribution is 7.17. The Morgan fingerprint density at radius 1 is 1.04 bits per heavy atom. The van der Waals surface area contributed by atoms with E-state index in [-0.39, 0.29) is 5.91 Å². The molecule has 2 aromatic carbocycles. The van der Waals surface area contributed by atoms with E-state index in [4.69, 9.17) is 14.2 Å². The minimum absolute atomic E-state index is 0.220. The van der Waals surface area contributed by atoms with Crippen LogP contribution in [0.15, 0.2) is 42.5 Å². The number of ether oxygens (including phenoxy) is 3. The number of anilines is 1. The van der Waals surface area contributed by atoms with Crippen molar-refractivity contribution in [1.82, 2.24) is 4.98 Å². The minimum atomic E-state index is -0.220. The molecule has 1 heterocycles. The molecule has 0 bridgehead atoms. The van der Waals surface area contributed by atoms with Crippen LogP contribution < -0.4 is 19.5 Å². The molecule has 0 atom stereocenters. The summed E-state index contributed by atoms with van der Waals surface area (Å²) >= 11 is 1.35.